The highest BCUT2D eigenvalue weighted by Crippen LogP contribution is 2.40. The van der Waals surface area contributed by atoms with Crippen LogP contribution in [0.1, 0.15) is 0 Å². The molecule has 2 heterocycles. The summed E-state index contributed by atoms with van der Waals surface area (Å²) in [7, 11) is 0. The minimum atomic E-state index is 0.915. The molecule has 0 atom stereocenters. The maximum atomic E-state index is 6.32. The summed E-state index contributed by atoms with van der Waals surface area (Å²) >= 11 is 0. The van der Waals surface area contributed by atoms with Crippen molar-refractivity contribution in [3.05, 3.63) is 164 Å². The number of aromatic nitrogens is 1. The van der Waals surface area contributed by atoms with Gasteiger partial charge in [0, 0.05) is 27.2 Å². The maximum absolute atomic E-state index is 6.32. The summed E-state index contributed by atoms with van der Waals surface area (Å²) in [5.74, 6) is 0. The molecule has 0 spiro atoms. The lowest BCUT2D eigenvalue weighted by Crippen LogP contribution is -1.96. The lowest BCUT2D eigenvalue weighted by atomic mass is 9.95. The molecule has 0 fully saturated rings. The lowest BCUT2D eigenvalue weighted by molar-refractivity contribution is 0.669. The first-order valence-electron chi connectivity index (χ1n) is 15.0. The molecule has 9 aromatic rings. The van der Waals surface area contributed by atoms with E-state index in [9.17, 15) is 0 Å². The number of benzene rings is 7. The van der Waals surface area contributed by atoms with Crippen LogP contribution in [0.2, 0.25) is 0 Å². The summed E-state index contributed by atoms with van der Waals surface area (Å²) in [5.41, 5.74) is 12.5. The number of rotatable bonds is 4. The zero-order chi connectivity index (χ0) is 29.0. The second-order valence-electron chi connectivity index (χ2n) is 11.4. The van der Waals surface area contributed by atoms with Crippen LogP contribution in [0.3, 0.4) is 0 Å². The van der Waals surface area contributed by atoms with Crippen molar-refractivity contribution in [3.8, 4) is 39.1 Å². The number of fused-ring (bicyclic) bond motifs is 6. The highest BCUT2D eigenvalue weighted by molar-refractivity contribution is 6.17. The van der Waals surface area contributed by atoms with E-state index in [1.807, 2.05) is 12.1 Å². The summed E-state index contributed by atoms with van der Waals surface area (Å²) in [6.07, 6.45) is 0. The Morgan fingerprint density at radius 1 is 0.318 bits per heavy atom. The zero-order valence-corrected chi connectivity index (χ0v) is 23.9. The Balaban J connectivity index is 1.34. The molecule has 2 heteroatoms. The molecule has 0 aliphatic rings. The Kier molecular flexibility index (Phi) is 5.54. The van der Waals surface area contributed by atoms with E-state index in [1.165, 1.54) is 55.2 Å². The molecule has 0 saturated carbocycles. The van der Waals surface area contributed by atoms with Gasteiger partial charge < -0.3 is 8.98 Å². The molecule has 206 valence electrons. The van der Waals surface area contributed by atoms with Crippen LogP contribution in [0.4, 0.5) is 0 Å². The second-order valence-corrected chi connectivity index (χ2v) is 11.4. The molecule has 44 heavy (non-hydrogen) atoms. The fourth-order valence-corrected chi connectivity index (χ4v) is 6.68. The van der Waals surface area contributed by atoms with Crippen molar-refractivity contribution in [2.24, 2.45) is 0 Å². The second kappa shape index (κ2) is 9.86. The van der Waals surface area contributed by atoms with E-state index >= 15 is 0 Å². The topological polar surface area (TPSA) is 18.1 Å². The number of nitrogens with zero attached hydrogens (tertiary/aromatic N) is 1. The Morgan fingerprint density at radius 3 is 1.66 bits per heavy atom. The maximum Gasteiger partial charge on any atom is 0.136 e. The highest BCUT2D eigenvalue weighted by atomic mass is 16.3. The molecular weight excluding hydrogens is 534 g/mol. The van der Waals surface area contributed by atoms with Gasteiger partial charge in [0.1, 0.15) is 11.2 Å². The van der Waals surface area contributed by atoms with Crippen LogP contribution in [-0.2, 0) is 0 Å². The van der Waals surface area contributed by atoms with Crippen molar-refractivity contribution in [3.63, 3.8) is 0 Å². The SMILES string of the molecule is c1ccc(-c2cccc(-c3cc(-c4ccccc4)cc(-n4c5ccccc5c5cc6oc7ccccc7c6cc54)c3)c2)cc1. The van der Waals surface area contributed by atoms with Crippen molar-refractivity contribution < 1.29 is 4.42 Å². The van der Waals surface area contributed by atoms with Crippen LogP contribution < -0.4 is 0 Å². The first-order chi connectivity index (χ1) is 21.8. The molecule has 2 aromatic heterocycles. The standard InChI is InChI=1S/C42H27NO/c1-3-12-28(13-4-1)30-16-11-17-31(22-30)33-23-32(29-14-5-2-6-15-29)24-34(25-33)43-39-20-9-7-18-35(39)37-27-42-38(26-40(37)43)36-19-8-10-21-41(36)44-42/h1-27H. The molecule has 0 unspecified atom stereocenters. The summed E-state index contributed by atoms with van der Waals surface area (Å²) in [4.78, 5) is 0. The molecule has 0 bridgehead atoms. The third kappa shape index (κ3) is 3.96. The summed E-state index contributed by atoms with van der Waals surface area (Å²) in [6, 6.07) is 58.6. The molecule has 0 aliphatic carbocycles. The van der Waals surface area contributed by atoms with E-state index in [4.69, 9.17) is 4.42 Å². The molecule has 7 aromatic carbocycles. The van der Waals surface area contributed by atoms with E-state index in [2.05, 4.69) is 156 Å². The zero-order valence-electron chi connectivity index (χ0n) is 23.9. The minimum Gasteiger partial charge on any atom is -0.456 e. The van der Waals surface area contributed by atoms with Gasteiger partial charge in [-0.1, -0.05) is 115 Å². The minimum absolute atomic E-state index is 0.915. The van der Waals surface area contributed by atoms with Gasteiger partial charge in [-0.15, -0.1) is 0 Å². The van der Waals surface area contributed by atoms with Gasteiger partial charge >= 0.3 is 0 Å². The van der Waals surface area contributed by atoms with Crippen molar-refractivity contribution in [2.75, 3.05) is 0 Å². The lowest BCUT2D eigenvalue weighted by Gasteiger charge is -2.15. The van der Waals surface area contributed by atoms with Gasteiger partial charge in [-0.05, 0) is 81.9 Å². The summed E-state index contributed by atoms with van der Waals surface area (Å²) < 4.78 is 8.74. The molecule has 9 rings (SSSR count). The van der Waals surface area contributed by atoms with Gasteiger partial charge in [-0.25, -0.2) is 0 Å². The van der Waals surface area contributed by atoms with Crippen molar-refractivity contribution in [1.82, 2.24) is 4.57 Å². The third-order valence-corrected chi connectivity index (χ3v) is 8.76. The Hall–Kier alpha value is -5.86. The largest absolute Gasteiger partial charge is 0.456 e. The molecule has 0 amide bonds. The van der Waals surface area contributed by atoms with Gasteiger partial charge in [-0.3, -0.25) is 0 Å². The predicted molar refractivity (Wildman–Crippen MR) is 184 cm³/mol. The van der Waals surface area contributed by atoms with Gasteiger partial charge in [0.15, 0.2) is 0 Å². The van der Waals surface area contributed by atoms with Crippen molar-refractivity contribution in [1.29, 1.82) is 0 Å². The van der Waals surface area contributed by atoms with Crippen LogP contribution in [0.15, 0.2) is 168 Å². The third-order valence-electron chi connectivity index (χ3n) is 8.76. The van der Waals surface area contributed by atoms with Crippen LogP contribution in [0.25, 0.3) is 82.8 Å². The molecule has 0 saturated heterocycles. The number of para-hydroxylation sites is 2. The Morgan fingerprint density at radius 2 is 0.886 bits per heavy atom. The molecule has 2 nitrogen and oxygen atoms in total. The average molecular weight is 562 g/mol. The number of hydrogen-bond donors (Lipinski definition) is 0. The molecule has 0 radical (unpaired) electrons. The highest BCUT2D eigenvalue weighted by Gasteiger charge is 2.17. The fourth-order valence-electron chi connectivity index (χ4n) is 6.68. The van der Waals surface area contributed by atoms with E-state index in [0.29, 0.717) is 0 Å². The molecule has 0 aliphatic heterocycles. The monoisotopic (exact) mass is 561 g/mol. The summed E-state index contributed by atoms with van der Waals surface area (Å²) in [5, 5.41) is 4.66. The van der Waals surface area contributed by atoms with Crippen LogP contribution in [-0.4, -0.2) is 4.57 Å². The van der Waals surface area contributed by atoms with E-state index in [0.717, 1.165) is 27.6 Å². The number of hydrogen-bond acceptors (Lipinski definition) is 1. The van der Waals surface area contributed by atoms with Gasteiger partial charge in [-0.2, -0.15) is 0 Å². The first kappa shape index (κ1) is 24.7. The van der Waals surface area contributed by atoms with E-state index in [-0.39, 0.29) is 0 Å². The average Bonchev–Trinajstić information content (AvgIpc) is 3.63. The smallest absolute Gasteiger partial charge is 0.136 e. The molecule has 0 N–H and O–H groups in total. The first-order valence-corrected chi connectivity index (χ1v) is 15.0. The van der Waals surface area contributed by atoms with Gasteiger partial charge in [0.2, 0.25) is 0 Å². The summed E-state index contributed by atoms with van der Waals surface area (Å²) in [6.45, 7) is 0. The van der Waals surface area contributed by atoms with Crippen molar-refractivity contribution >= 4 is 43.7 Å². The Bertz CT molecular complexity index is 2480. The van der Waals surface area contributed by atoms with Crippen LogP contribution in [0.5, 0.6) is 0 Å². The van der Waals surface area contributed by atoms with Crippen LogP contribution in [0, 0.1) is 0 Å². The Labute approximate surface area is 255 Å². The van der Waals surface area contributed by atoms with E-state index in [1.54, 1.807) is 0 Å². The van der Waals surface area contributed by atoms with Crippen molar-refractivity contribution in [2.45, 2.75) is 0 Å². The van der Waals surface area contributed by atoms with Gasteiger partial charge in [0.05, 0.1) is 11.0 Å². The normalized spacial score (nSPS) is 11.6. The van der Waals surface area contributed by atoms with E-state index < -0.39 is 0 Å². The number of furan rings is 1. The van der Waals surface area contributed by atoms with Crippen LogP contribution >= 0.6 is 0 Å². The molecular formula is C42H27NO. The fraction of sp³-hybridized carbons (Fsp3) is 0. The quantitative estimate of drug-likeness (QED) is 0.209. The predicted octanol–water partition coefficient (Wildman–Crippen LogP) is 11.7. The van der Waals surface area contributed by atoms with Gasteiger partial charge in [0.25, 0.3) is 0 Å².